The Balaban J connectivity index is 2.58. The van der Waals surface area contributed by atoms with E-state index in [1.165, 1.54) is 0 Å². The van der Waals surface area contributed by atoms with Gasteiger partial charge in [-0.2, -0.15) is 0 Å². The van der Waals surface area contributed by atoms with E-state index in [1.807, 2.05) is 18.2 Å². The zero-order valence-corrected chi connectivity index (χ0v) is 8.41. The number of aromatic nitrogens is 1. The van der Waals surface area contributed by atoms with Crippen molar-refractivity contribution in [2.75, 3.05) is 0 Å². The second-order valence-corrected chi connectivity index (χ2v) is 3.71. The molecule has 1 rings (SSSR count). The van der Waals surface area contributed by atoms with Gasteiger partial charge in [0, 0.05) is 18.3 Å². The molecule has 0 fully saturated rings. The fraction of sp³-hybridized carbons (Fsp3) is 0.333. The molecule has 0 spiro atoms. The number of carbonyl (C=O) groups excluding carboxylic acids is 1. The predicted octanol–water partition coefficient (Wildman–Crippen LogP) is 1.98. The monoisotopic (exact) mass is 227 g/mol. The van der Waals surface area contributed by atoms with E-state index in [9.17, 15) is 4.79 Å². The van der Waals surface area contributed by atoms with Crippen molar-refractivity contribution in [3.8, 4) is 0 Å². The summed E-state index contributed by atoms with van der Waals surface area (Å²) in [6, 6.07) is 5.69. The predicted molar refractivity (Wildman–Crippen MR) is 51.3 cm³/mol. The average molecular weight is 228 g/mol. The van der Waals surface area contributed by atoms with Crippen LogP contribution in [0.2, 0.25) is 0 Å². The van der Waals surface area contributed by atoms with Crippen LogP contribution in [-0.2, 0) is 11.2 Å². The average Bonchev–Trinajstić information content (AvgIpc) is 2.06. The van der Waals surface area contributed by atoms with Crippen LogP contribution >= 0.6 is 15.9 Å². The standard InChI is InChI=1S/C9H10BrNO/c1-7(12)9(10)6-8-4-2-3-5-11-8/h2-5,9H,6H2,1H3. The van der Waals surface area contributed by atoms with Gasteiger partial charge >= 0.3 is 0 Å². The number of pyridine rings is 1. The fourth-order valence-corrected chi connectivity index (χ4v) is 1.18. The molecule has 64 valence electrons. The number of rotatable bonds is 3. The highest BCUT2D eigenvalue weighted by Gasteiger charge is 2.10. The first-order valence-electron chi connectivity index (χ1n) is 3.74. The Morgan fingerprint density at radius 3 is 2.92 bits per heavy atom. The minimum Gasteiger partial charge on any atom is -0.299 e. The van der Waals surface area contributed by atoms with E-state index in [0.717, 1.165) is 5.69 Å². The highest BCUT2D eigenvalue weighted by Crippen LogP contribution is 2.08. The number of halogens is 1. The summed E-state index contributed by atoms with van der Waals surface area (Å²) in [6.07, 6.45) is 2.39. The van der Waals surface area contributed by atoms with Crippen molar-refractivity contribution < 1.29 is 4.79 Å². The Bertz CT molecular complexity index is 260. The Morgan fingerprint density at radius 1 is 1.67 bits per heavy atom. The van der Waals surface area contributed by atoms with E-state index < -0.39 is 0 Å². The van der Waals surface area contributed by atoms with Gasteiger partial charge in [0.25, 0.3) is 0 Å². The van der Waals surface area contributed by atoms with E-state index >= 15 is 0 Å². The van der Waals surface area contributed by atoms with Crippen LogP contribution in [0, 0.1) is 0 Å². The Labute approximate surface area is 80.1 Å². The minimum absolute atomic E-state index is 0.104. The van der Waals surface area contributed by atoms with Gasteiger partial charge in [-0.25, -0.2) is 0 Å². The summed E-state index contributed by atoms with van der Waals surface area (Å²) < 4.78 is 0. The van der Waals surface area contributed by atoms with Gasteiger partial charge in [-0.3, -0.25) is 9.78 Å². The van der Waals surface area contributed by atoms with Gasteiger partial charge in [0.1, 0.15) is 5.78 Å². The molecule has 0 aliphatic heterocycles. The SMILES string of the molecule is CC(=O)C(Br)Cc1ccccn1. The molecule has 0 saturated heterocycles. The Kier molecular flexibility index (Phi) is 3.41. The number of nitrogens with zero attached hydrogens (tertiary/aromatic N) is 1. The first-order chi connectivity index (χ1) is 5.70. The molecule has 0 bridgehead atoms. The summed E-state index contributed by atoms with van der Waals surface area (Å²) in [5.74, 6) is 0.139. The second-order valence-electron chi connectivity index (χ2n) is 2.60. The van der Waals surface area contributed by atoms with Crippen LogP contribution in [0.5, 0.6) is 0 Å². The van der Waals surface area contributed by atoms with Crippen molar-refractivity contribution in [3.63, 3.8) is 0 Å². The summed E-state index contributed by atoms with van der Waals surface area (Å²) >= 11 is 3.29. The molecule has 1 aromatic rings. The van der Waals surface area contributed by atoms with Crippen LogP contribution in [-0.4, -0.2) is 15.6 Å². The molecule has 1 aromatic heterocycles. The van der Waals surface area contributed by atoms with Crippen molar-refractivity contribution in [1.29, 1.82) is 0 Å². The summed E-state index contributed by atoms with van der Waals surface area (Å²) in [5, 5.41) is 0. The van der Waals surface area contributed by atoms with E-state index in [2.05, 4.69) is 20.9 Å². The van der Waals surface area contributed by atoms with Crippen LogP contribution in [0.3, 0.4) is 0 Å². The summed E-state index contributed by atoms with van der Waals surface area (Å²) in [4.78, 5) is 14.9. The van der Waals surface area contributed by atoms with Crippen LogP contribution in [0.25, 0.3) is 0 Å². The number of carbonyl (C=O) groups is 1. The van der Waals surface area contributed by atoms with Gasteiger partial charge in [0.05, 0.1) is 4.83 Å². The van der Waals surface area contributed by atoms with Crippen molar-refractivity contribution in [2.45, 2.75) is 18.2 Å². The van der Waals surface area contributed by atoms with Gasteiger partial charge in [-0.1, -0.05) is 22.0 Å². The minimum atomic E-state index is -0.104. The van der Waals surface area contributed by atoms with Crippen LogP contribution in [0.1, 0.15) is 12.6 Å². The smallest absolute Gasteiger partial charge is 0.143 e. The van der Waals surface area contributed by atoms with Gasteiger partial charge < -0.3 is 0 Å². The first-order valence-corrected chi connectivity index (χ1v) is 4.66. The molecule has 3 heteroatoms. The summed E-state index contributed by atoms with van der Waals surface area (Å²) in [7, 11) is 0. The Hall–Kier alpha value is -0.700. The van der Waals surface area contributed by atoms with Gasteiger partial charge in [0.15, 0.2) is 0 Å². The number of alkyl halides is 1. The van der Waals surface area contributed by atoms with Crippen molar-refractivity contribution >= 4 is 21.7 Å². The van der Waals surface area contributed by atoms with Crippen LogP contribution < -0.4 is 0 Å². The fourth-order valence-electron chi connectivity index (χ4n) is 0.846. The quantitative estimate of drug-likeness (QED) is 0.740. The zero-order chi connectivity index (χ0) is 8.97. The number of hydrogen-bond donors (Lipinski definition) is 0. The largest absolute Gasteiger partial charge is 0.299 e. The molecule has 2 nitrogen and oxygen atoms in total. The molecular formula is C9H10BrNO. The summed E-state index contributed by atoms with van der Waals surface area (Å²) in [6.45, 7) is 1.57. The molecule has 1 unspecified atom stereocenters. The molecular weight excluding hydrogens is 218 g/mol. The van der Waals surface area contributed by atoms with Gasteiger partial charge in [-0.15, -0.1) is 0 Å². The molecule has 0 aromatic carbocycles. The lowest BCUT2D eigenvalue weighted by Gasteiger charge is -2.03. The van der Waals surface area contributed by atoms with Gasteiger partial charge in [0.2, 0.25) is 0 Å². The summed E-state index contributed by atoms with van der Waals surface area (Å²) in [5.41, 5.74) is 0.939. The molecule has 1 atom stereocenters. The Morgan fingerprint density at radius 2 is 2.42 bits per heavy atom. The highest BCUT2D eigenvalue weighted by atomic mass is 79.9. The molecule has 0 amide bonds. The molecule has 0 aliphatic rings. The molecule has 0 saturated carbocycles. The number of ketones is 1. The maximum absolute atomic E-state index is 10.9. The zero-order valence-electron chi connectivity index (χ0n) is 6.83. The lowest BCUT2D eigenvalue weighted by molar-refractivity contribution is -0.116. The van der Waals surface area contributed by atoms with Crippen molar-refractivity contribution in [1.82, 2.24) is 4.98 Å². The lowest BCUT2D eigenvalue weighted by Crippen LogP contribution is -2.13. The maximum Gasteiger partial charge on any atom is 0.143 e. The number of hydrogen-bond acceptors (Lipinski definition) is 2. The van der Waals surface area contributed by atoms with E-state index in [4.69, 9.17) is 0 Å². The van der Waals surface area contributed by atoms with E-state index in [-0.39, 0.29) is 10.6 Å². The third kappa shape index (κ3) is 2.74. The highest BCUT2D eigenvalue weighted by molar-refractivity contribution is 9.10. The topological polar surface area (TPSA) is 30.0 Å². The van der Waals surface area contributed by atoms with Gasteiger partial charge in [-0.05, 0) is 19.1 Å². The number of Topliss-reactive ketones (excluding diaryl/α,β-unsaturated/α-hetero) is 1. The molecule has 0 aliphatic carbocycles. The second kappa shape index (κ2) is 4.36. The third-order valence-corrected chi connectivity index (χ3v) is 2.52. The first kappa shape index (κ1) is 9.39. The molecule has 0 N–H and O–H groups in total. The lowest BCUT2D eigenvalue weighted by atomic mass is 10.2. The normalized spacial score (nSPS) is 12.5. The van der Waals surface area contributed by atoms with Crippen molar-refractivity contribution in [3.05, 3.63) is 30.1 Å². The molecule has 1 heterocycles. The molecule has 12 heavy (non-hydrogen) atoms. The molecule has 0 radical (unpaired) electrons. The van der Waals surface area contributed by atoms with Crippen molar-refractivity contribution in [2.24, 2.45) is 0 Å². The van der Waals surface area contributed by atoms with E-state index in [0.29, 0.717) is 6.42 Å². The maximum atomic E-state index is 10.9. The van der Waals surface area contributed by atoms with Crippen LogP contribution in [0.15, 0.2) is 24.4 Å². The van der Waals surface area contributed by atoms with E-state index in [1.54, 1.807) is 13.1 Å². The van der Waals surface area contributed by atoms with Crippen LogP contribution in [0.4, 0.5) is 0 Å². The third-order valence-electron chi connectivity index (χ3n) is 1.56.